The number of hydrogen-bond donors (Lipinski definition) is 2. The fourth-order valence-electron chi connectivity index (χ4n) is 2.87. The van der Waals surface area contributed by atoms with E-state index in [-0.39, 0.29) is 17.3 Å². The van der Waals surface area contributed by atoms with Crippen LogP contribution in [-0.2, 0) is 6.54 Å². The van der Waals surface area contributed by atoms with E-state index in [4.69, 9.17) is 19.9 Å². The molecule has 0 saturated heterocycles. The molecule has 3 rings (SSSR count). The summed E-state index contributed by atoms with van der Waals surface area (Å²) >= 11 is 0. The molecule has 0 unspecified atom stereocenters. The molecule has 0 bridgehead atoms. The van der Waals surface area contributed by atoms with Crippen LogP contribution in [0.5, 0.6) is 17.2 Å². The maximum Gasteiger partial charge on any atom is 0.293 e. The van der Waals surface area contributed by atoms with Crippen molar-refractivity contribution < 1.29 is 23.6 Å². The van der Waals surface area contributed by atoms with Gasteiger partial charge in [0.15, 0.2) is 17.2 Å². The standard InChI is InChI=1S/C18H23N9O5/c1-26(2)9-11-13(21-25-27(11)17-16(19)23-32-24-17)18(28)22-20-8-10-6-7-12(29-3)15(31-5)14(10)30-4/h6-8H,9H2,1-5H3,(H2,19,23)(H,22,28)/b20-8-. The number of carbonyl (C=O) groups excluding carboxylic acids is 1. The molecule has 0 aliphatic rings. The number of benzene rings is 1. The first-order valence-electron chi connectivity index (χ1n) is 9.21. The lowest BCUT2D eigenvalue weighted by atomic mass is 10.2. The molecule has 0 saturated carbocycles. The third-order valence-corrected chi connectivity index (χ3v) is 4.24. The van der Waals surface area contributed by atoms with Gasteiger partial charge in [0.05, 0.1) is 33.2 Å². The van der Waals surface area contributed by atoms with E-state index in [2.05, 4.69) is 35.8 Å². The lowest BCUT2D eigenvalue weighted by Crippen LogP contribution is -2.23. The number of nitrogens with zero attached hydrogens (tertiary/aromatic N) is 7. The van der Waals surface area contributed by atoms with Crippen molar-refractivity contribution in [2.24, 2.45) is 5.10 Å². The van der Waals surface area contributed by atoms with Gasteiger partial charge in [-0.25, -0.2) is 10.1 Å². The van der Waals surface area contributed by atoms with Crippen molar-refractivity contribution in [1.82, 2.24) is 35.6 Å². The average molecular weight is 445 g/mol. The zero-order chi connectivity index (χ0) is 23.3. The van der Waals surface area contributed by atoms with E-state index in [0.29, 0.717) is 35.1 Å². The molecule has 2 heterocycles. The number of nitrogens with two attached hydrogens (primary N) is 1. The Bertz CT molecular complexity index is 1120. The number of nitrogens with one attached hydrogen (secondary N) is 1. The van der Waals surface area contributed by atoms with Crippen molar-refractivity contribution in [3.63, 3.8) is 0 Å². The molecule has 1 amide bonds. The van der Waals surface area contributed by atoms with Crippen LogP contribution in [0.15, 0.2) is 21.9 Å². The first-order chi connectivity index (χ1) is 15.4. The van der Waals surface area contributed by atoms with Crippen molar-refractivity contribution in [1.29, 1.82) is 0 Å². The molecule has 14 nitrogen and oxygen atoms in total. The van der Waals surface area contributed by atoms with Gasteiger partial charge in [0.25, 0.3) is 5.91 Å². The van der Waals surface area contributed by atoms with Crippen LogP contribution < -0.4 is 25.4 Å². The number of aromatic nitrogens is 5. The lowest BCUT2D eigenvalue weighted by molar-refractivity contribution is 0.0948. The molecule has 0 fully saturated rings. The summed E-state index contributed by atoms with van der Waals surface area (Å²) in [6, 6.07) is 3.41. The van der Waals surface area contributed by atoms with Gasteiger partial charge in [-0.15, -0.1) is 5.10 Å². The number of rotatable bonds is 9. The SMILES string of the molecule is COc1ccc(/C=N\NC(=O)c2nnn(-c3nonc3N)c2CN(C)C)c(OC)c1OC. The molecule has 1 aromatic carbocycles. The van der Waals surface area contributed by atoms with Gasteiger partial charge in [-0.3, -0.25) is 4.79 Å². The zero-order valence-electron chi connectivity index (χ0n) is 18.2. The Morgan fingerprint density at radius 3 is 2.56 bits per heavy atom. The van der Waals surface area contributed by atoms with Crippen LogP contribution in [-0.4, -0.2) is 77.8 Å². The summed E-state index contributed by atoms with van der Waals surface area (Å²) in [6.45, 7) is 0.315. The molecule has 0 spiro atoms. The summed E-state index contributed by atoms with van der Waals surface area (Å²) in [5, 5.41) is 19.2. The van der Waals surface area contributed by atoms with Crippen molar-refractivity contribution in [2.75, 3.05) is 41.2 Å². The summed E-state index contributed by atoms with van der Waals surface area (Å²) in [6.07, 6.45) is 1.41. The van der Waals surface area contributed by atoms with Gasteiger partial charge in [0.2, 0.25) is 17.4 Å². The van der Waals surface area contributed by atoms with Gasteiger partial charge >= 0.3 is 0 Å². The number of hydrazone groups is 1. The molecule has 0 aliphatic carbocycles. The summed E-state index contributed by atoms with van der Waals surface area (Å²) in [5.41, 5.74) is 9.20. The highest BCUT2D eigenvalue weighted by molar-refractivity contribution is 5.94. The minimum atomic E-state index is -0.584. The van der Waals surface area contributed by atoms with Crippen LogP contribution >= 0.6 is 0 Å². The Kier molecular flexibility index (Phi) is 6.84. The van der Waals surface area contributed by atoms with Crippen LogP contribution in [0.3, 0.4) is 0 Å². The molecule has 14 heteroatoms. The predicted molar refractivity (Wildman–Crippen MR) is 112 cm³/mol. The molecular formula is C18H23N9O5. The normalized spacial score (nSPS) is 11.2. The maximum absolute atomic E-state index is 12.8. The van der Waals surface area contributed by atoms with E-state index >= 15 is 0 Å². The predicted octanol–water partition coefficient (Wildman–Crippen LogP) is 0.0838. The van der Waals surface area contributed by atoms with Crippen LogP contribution in [0, 0.1) is 0 Å². The number of anilines is 1. The number of hydrogen-bond acceptors (Lipinski definition) is 12. The van der Waals surface area contributed by atoms with Crippen LogP contribution in [0.25, 0.3) is 5.82 Å². The fourth-order valence-corrected chi connectivity index (χ4v) is 2.87. The quantitative estimate of drug-likeness (QED) is 0.338. The molecule has 32 heavy (non-hydrogen) atoms. The molecule has 2 aromatic heterocycles. The molecule has 0 radical (unpaired) electrons. The second-order valence-corrected chi connectivity index (χ2v) is 6.63. The van der Waals surface area contributed by atoms with Crippen LogP contribution in [0.2, 0.25) is 0 Å². The Hall–Kier alpha value is -4.20. The smallest absolute Gasteiger partial charge is 0.293 e. The highest BCUT2D eigenvalue weighted by atomic mass is 16.6. The van der Waals surface area contributed by atoms with Gasteiger partial charge < -0.3 is 24.8 Å². The number of amides is 1. The van der Waals surface area contributed by atoms with Gasteiger partial charge in [0.1, 0.15) is 0 Å². The minimum Gasteiger partial charge on any atom is -0.493 e. The second kappa shape index (κ2) is 9.74. The second-order valence-electron chi connectivity index (χ2n) is 6.63. The molecule has 3 N–H and O–H groups in total. The number of carbonyl (C=O) groups is 1. The van der Waals surface area contributed by atoms with Gasteiger partial charge in [-0.05, 0) is 36.5 Å². The van der Waals surface area contributed by atoms with E-state index in [1.165, 1.54) is 32.2 Å². The Morgan fingerprint density at radius 1 is 1.22 bits per heavy atom. The number of methoxy groups -OCH3 is 3. The van der Waals surface area contributed by atoms with Gasteiger partial charge in [-0.1, -0.05) is 5.21 Å². The van der Waals surface area contributed by atoms with Crippen LogP contribution in [0.4, 0.5) is 5.82 Å². The lowest BCUT2D eigenvalue weighted by Gasteiger charge is -2.13. The van der Waals surface area contributed by atoms with E-state index in [0.717, 1.165) is 0 Å². The Balaban J connectivity index is 1.86. The van der Waals surface area contributed by atoms with E-state index in [9.17, 15) is 4.79 Å². The molecular weight excluding hydrogens is 422 g/mol. The maximum atomic E-state index is 12.8. The fraction of sp³-hybridized carbons (Fsp3) is 0.333. The van der Waals surface area contributed by atoms with E-state index < -0.39 is 5.91 Å². The largest absolute Gasteiger partial charge is 0.493 e. The third-order valence-electron chi connectivity index (χ3n) is 4.24. The first kappa shape index (κ1) is 22.5. The highest BCUT2D eigenvalue weighted by Gasteiger charge is 2.24. The van der Waals surface area contributed by atoms with Crippen molar-refractivity contribution >= 4 is 17.9 Å². The van der Waals surface area contributed by atoms with Crippen molar-refractivity contribution in [3.05, 3.63) is 29.1 Å². The van der Waals surface area contributed by atoms with Gasteiger partial charge in [-0.2, -0.15) is 9.78 Å². The Morgan fingerprint density at radius 2 is 1.97 bits per heavy atom. The van der Waals surface area contributed by atoms with Crippen molar-refractivity contribution in [2.45, 2.75) is 6.54 Å². The molecule has 3 aromatic rings. The molecule has 0 aliphatic heterocycles. The Labute approximate surface area is 182 Å². The zero-order valence-corrected chi connectivity index (χ0v) is 18.2. The summed E-state index contributed by atoms with van der Waals surface area (Å²) < 4.78 is 21.9. The summed E-state index contributed by atoms with van der Waals surface area (Å²) in [5.74, 6) is 0.863. The molecule has 170 valence electrons. The third kappa shape index (κ3) is 4.44. The van der Waals surface area contributed by atoms with Crippen molar-refractivity contribution in [3.8, 4) is 23.1 Å². The highest BCUT2D eigenvalue weighted by Crippen LogP contribution is 2.38. The van der Waals surface area contributed by atoms with E-state index in [1.807, 2.05) is 19.0 Å². The van der Waals surface area contributed by atoms with Crippen LogP contribution in [0.1, 0.15) is 21.7 Å². The number of nitrogen functional groups attached to an aromatic ring is 1. The average Bonchev–Trinajstić information content (AvgIpc) is 3.38. The summed E-state index contributed by atoms with van der Waals surface area (Å²) in [4.78, 5) is 14.6. The molecule has 0 atom stereocenters. The number of ether oxygens (including phenoxy) is 3. The van der Waals surface area contributed by atoms with E-state index in [1.54, 1.807) is 12.1 Å². The summed E-state index contributed by atoms with van der Waals surface area (Å²) in [7, 11) is 8.15. The minimum absolute atomic E-state index is 0.0143. The topological polar surface area (TPSA) is 168 Å². The first-order valence-corrected chi connectivity index (χ1v) is 9.21. The monoisotopic (exact) mass is 445 g/mol. The van der Waals surface area contributed by atoms with Gasteiger partial charge in [0, 0.05) is 12.1 Å².